The summed E-state index contributed by atoms with van der Waals surface area (Å²) in [5, 5.41) is 5.22. The second-order valence-electron chi connectivity index (χ2n) is 7.57. The zero-order valence-electron chi connectivity index (χ0n) is 15.4. The van der Waals surface area contributed by atoms with E-state index in [1.54, 1.807) is 12.1 Å². The number of nitrogens with one attached hydrogen (secondary N) is 1. The maximum Gasteiger partial charge on any atom is 0.257 e. The summed E-state index contributed by atoms with van der Waals surface area (Å²) in [6.45, 7) is 1.78. The van der Waals surface area contributed by atoms with Crippen LogP contribution < -0.4 is 5.32 Å². The van der Waals surface area contributed by atoms with Gasteiger partial charge in [0.25, 0.3) is 5.91 Å². The number of carbonyl (C=O) groups excluding carboxylic acids is 2. The van der Waals surface area contributed by atoms with E-state index in [0.717, 1.165) is 31.1 Å². The first-order valence-corrected chi connectivity index (χ1v) is 10.7. The Morgan fingerprint density at radius 3 is 2.70 bits per heavy atom. The van der Waals surface area contributed by atoms with Crippen LogP contribution in [0, 0.1) is 11.8 Å². The van der Waals surface area contributed by atoms with Crippen molar-refractivity contribution < 1.29 is 9.59 Å². The molecule has 1 N–H and O–H groups in total. The van der Waals surface area contributed by atoms with Crippen LogP contribution in [0.25, 0.3) is 0 Å². The molecule has 1 aromatic heterocycles. The quantitative estimate of drug-likeness (QED) is 0.869. The Bertz CT molecular complexity index is 805. The van der Waals surface area contributed by atoms with Crippen molar-refractivity contribution in [2.45, 2.75) is 38.5 Å². The van der Waals surface area contributed by atoms with E-state index >= 15 is 0 Å². The molecule has 0 radical (unpaired) electrons. The number of rotatable bonds is 4. The molecule has 0 bridgehead atoms. The summed E-state index contributed by atoms with van der Waals surface area (Å²) >= 11 is 1.37. The summed E-state index contributed by atoms with van der Waals surface area (Å²) in [6, 6.07) is 9.07. The number of aromatic nitrogens is 1. The smallest absolute Gasteiger partial charge is 0.257 e. The number of fused-ring (bicyclic) bond motifs is 1. The molecule has 6 heteroatoms. The summed E-state index contributed by atoms with van der Waals surface area (Å²) in [7, 11) is 0. The monoisotopic (exact) mass is 383 g/mol. The normalized spacial score (nSPS) is 22.1. The van der Waals surface area contributed by atoms with Crippen molar-refractivity contribution in [3.63, 3.8) is 0 Å². The van der Waals surface area contributed by atoms with Crippen LogP contribution in [0.4, 0.5) is 5.13 Å². The van der Waals surface area contributed by atoms with Crippen molar-refractivity contribution >= 4 is 28.3 Å². The van der Waals surface area contributed by atoms with Crippen molar-refractivity contribution in [2.75, 3.05) is 18.4 Å². The van der Waals surface area contributed by atoms with Crippen LogP contribution in [0.5, 0.6) is 0 Å². The predicted molar refractivity (Wildman–Crippen MR) is 107 cm³/mol. The highest BCUT2D eigenvalue weighted by atomic mass is 32.1. The minimum atomic E-state index is -0.179. The molecule has 4 rings (SSSR count). The van der Waals surface area contributed by atoms with Gasteiger partial charge in [0.1, 0.15) is 0 Å². The number of anilines is 1. The van der Waals surface area contributed by atoms with Crippen LogP contribution in [-0.4, -0.2) is 34.8 Å². The molecule has 142 valence electrons. The summed E-state index contributed by atoms with van der Waals surface area (Å²) in [6.07, 6.45) is 6.72. The van der Waals surface area contributed by atoms with E-state index < -0.39 is 0 Å². The zero-order valence-corrected chi connectivity index (χ0v) is 16.2. The number of hydrogen-bond donors (Lipinski definition) is 1. The lowest BCUT2D eigenvalue weighted by atomic mass is 9.75. The molecular weight excluding hydrogens is 358 g/mol. The fourth-order valence-corrected chi connectivity index (χ4v) is 5.00. The molecule has 0 unspecified atom stereocenters. The van der Waals surface area contributed by atoms with Crippen molar-refractivity contribution in [3.8, 4) is 0 Å². The van der Waals surface area contributed by atoms with Crippen molar-refractivity contribution in [1.82, 2.24) is 9.88 Å². The first-order valence-electron chi connectivity index (χ1n) is 9.77. The van der Waals surface area contributed by atoms with Gasteiger partial charge in [0.2, 0.25) is 5.91 Å². The van der Waals surface area contributed by atoms with Gasteiger partial charge in [0.15, 0.2) is 5.13 Å². The highest BCUT2D eigenvalue weighted by Crippen LogP contribution is 2.36. The van der Waals surface area contributed by atoms with Gasteiger partial charge in [-0.05, 0) is 36.8 Å². The molecule has 5 nitrogen and oxygen atoms in total. The van der Waals surface area contributed by atoms with Gasteiger partial charge in [0, 0.05) is 24.0 Å². The molecule has 1 saturated carbocycles. The molecule has 2 fully saturated rings. The van der Waals surface area contributed by atoms with E-state index in [2.05, 4.69) is 10.3 Å². The molecule has 27 heavy (non-hydrogen) atoms. The number of piperidine rings is 1. The SMILES string of the molecule is O=C(Nc1nc(CC(=O)N2CC[C@@H]3CCCC[C@@H]3C2)cs1)c1ccccc1. The Balaban J connectivity index is 1.32. The fraction of sp³-hybridized carbons (Fsp3) is 0.476. The lowest BCUT2D eigenvalue weighted by Gasteiger charge is -2.41. The third-order valence-electron chi connectivity index (χ3n) is 5.78. The third-order valence-corrected chi connectivity index (χ3v) is 6.59. The van der Waals surface area contributed by atoms with Crippen molar-refractivity contribution in [1.29, 1.82) is 0 Å². The predicted octanol–water partition coefficient (Wildman–Crippen LogP) is 3.98. The van der Waals surface area contributed by atoms with Crippen LogP contribution in [0.15, 0.2) is 35.7 Å². The number of amides is 2. The fourth-order valence-electron chi connectivity index (χ4n) is 4.30. The maximum atomic E-state index is 12.7. The second-order valence-corrected chi connectivity index (χ2v) is 8.43. The number of nitrogens with zero attached hydrogens (tertiary/aromatic N) is 2. The minimum absolute atomic E-state index is 0.158. The molecule has 1 aromatic carbocycles. The summed E-state index contributed by atoms with van der Waals surface area (Å²) in [4.78, 5) is 31.4. The molecule has 2 heterocycles. The Labute approximate surface area is 163 Å². The van der Waals surface area contributed by atoms with Gasteiger partial charge in [-0.25, -0.2) is 4.98 Å². The van der Waals surface area contributed by atoms with Crippen LogP contribution in [0.3, 0.4) is 0 Å². The first-order chi connectivity index (χ1) is 13.2. The van der Waals surface area contributed by atoms with E-state index in [-0.39, 0.29) is 11.8 Å². The average Bonchev–Trinajstić information content (AvgIpc) is 3.15. The lowest BCUT2D eigenvalue weighted by Crippen LogP contribution is -2.45. The zero-order chi connectivity index (χ0) is 18.6. The van der Waals surface area contributed by atoms with Crippen LogP contribution in [0.1, 0.15) is 48.2 Å². The molecular formula is C21H25N3O2S. The van der Waals surface area contributed by atoms with E-state index in [1.807, 2.05) is 28.5 Å². The maximum absolute atomic E-state index is 12.7. The Kier molecular flexibility index (Phi) is 5.53. The summed E-state index contributed by atoms with van der Waals surface area (Å²) in [5.74, 6) is 1.49. The molecule has 2 atom stereocenters. The molecule has 1 aliphatic carbocycles. The number of hydrogen-bond acceptors (Lipinski definition) is 4. The van der Waals surface area contributed by atoms with E-state index in [1.165, 1.54) is 37.0 Å². The van der Waals surface area contributed by atoms with Gasteiger partial charge in [0.05, 0.1) is 12.1 Å². The van der Waals surface area contributed by atoms with Gasteiger partial charge < -0.3 is 4.90 Å². The Morgan fingerprint density at radius 1 is 1.11 bits per heavy atom. The van der Waals surface area contributed by atoms with E-state index in [9.17, 15) is 9.59 Å². The van der Waals surface area contributed by atoms with Gasteiger partial charge in [-0.2, -0.15) is 0 Å². The molecule has 1 aliphatic heterocycles. The third kappa shape index (κ3) is 4.38. The lowest BCUT2D eigenvalue weighted by molar-refractivity contribution is -0.133. The molecule has 2 aliphatic rings. The minimum Gasteiger partial charge on any atom is -0.342 e. The Hall–Kier alpha value is -2.21. The average molecular weight is 384 g/mol. The van der Waals surface area contributed by atoms with Crippen molar-refractivity contribution in [3.05, 3.63) is 47.0 Å². The largest absolute Gasteiger partial charge is 0.342 e. The summed E-state index contributed by atoms with van der Waals surface area (Å²) < 4.78 is 0. The van der Waals surface area contributed by atoms with Crippen molar-refractivity contribution in [2.24, 2.45) is 11.8 Å². The number of benzene rings is 1. The highest BCUT2D eigenvalue weighted by molar-refractivity contribution is 7.14. The number of thiazole rings is 1. The topological polar surface area (TPSA) is 62.3 Å². The summed E-state index contributed by atoms with van der Waals surface area (Å²) in [5.41, 5.74) is 1.33. The van der Waals surface area contributed by atoms with Crippen LogP contribution in [-0.2, 0) is 11.2 Å². The molecule has 2 amide bonds. The van der Waals surface area contributed by atoms with Gasteiger partial charge in [-0.3, -0.25) is 14.9 Å². The Morgan fingerprint density at radius 2 is 1.89 bits per heavy atom. The van der Waals surface area contributed by atoms with Gasteiger partial charge >= 0.3 is 0 Å². The number of carbonyl (C=O) groups is 2. The highest BCUT2D eigenvalue weighted by Gasteiger charge is 2.32. The van der Waals surface area contributed by atoms with E-state index in [4.69, 9.17) is 0 Å². The van der Waals surface area contributed by atoms with E-state index in [0.29, 0.717) is 23.0 Å². The first kappa shape index (κ1) is 18.2. The van der Waals surface area contributed by atoms with Gasteiger partial charge in [-0.1, -0.05) is 37.5 Å². The standard InChI is InChI=1S/C21H25N3O2S/c25-19(24-11-10-15-6-4-5-9-17(15)13-24)12-18-14-27-21(22-18)23-20(26)16-7-2-1-3-8-16/h1-3,7-8,14-15,17H,4-6,9-13H2,(H,22,23,26)/t15-,17+/m0/s1. The molecule has 0 spiro atoms. The molecule has 2 aromatic rings. The van der Waals surface area contributed by atoms with Gasteiger partial charge in [-0.15, -0.1) is 11.3 Å². The van der Waals surface area contributed by atoms with Crippen LogP contribution in [0.2, 0.25) is 0 Å². The molecule has 1 saturated heterocycles. The number of likely N-dealkylation sites (tertiary alicyclic amines) is 1. The van der Waals surface area contributed by atoms with Crippen LogP contribution >= 0.6 is 11.3 Å². The second kappa shape index (κ2) is 8.21.